The van der Waals surface area contributed by atoms with Crippen LogP contribution in [0.3, 0.4) is 0 Å². The summed E-state index contributed by atoms with van der Waals surface area (Å²) in [6.45, 7) is 0.159. The summed E-state index contributed by atoms with van der Waals surface area (Å²) < 4.78 is 38.8. The van der Waals surface area contributed by atoms with Crippen LogP contribution in [-0.4, -0.2) is 25.9 Å². The third-order valence-corrected chi connectivity index (χ3v) is 6.69. The first kappa shape index (κ1) is 21.2. The van der Waals surface area contributed by atoms with Crippen LogP contribution in [0, 0.1) is 0 Å². The van der Waals surface area contributed by atoms with Crippen molar-refractivity contribution >= 4 is 43.2 Å². The number of benzene rings is 2. The summed E-state index contributed by atoms with van der Waals surface area (Å²) in [4.78, 5) is 16.6. The minimum absolute atomic E-state index is 0.0554. The molecule has 0 saturated heterocycles. The van der Waals surface area contributed by atoms with Gasteiger partial charge in [-0.25, -0.2) is 18.1 Å². The minimum atomic E-state index is -3.69. The highest BCUT2D eigenvalue weighted by atomic mass is 32.2. The number of thiazole rings is 1. The molecule has 0 fully saturated rings. The number of sulfonamides is 1. The number of amides is 1. The van der Waals surface area contributed by atoms with E-state index < -0.39 is 10.0 Å². The molecule has 10 heteroatoms. The molecule has 0 aliphatic rings. The zero-order valence-corrected chi connectivity index (χ0v) is 17.9. The van der Waals surface area contributed by atoms with Crippen LogP contribution < -0.4 is 10.0 Å². The summed E-state index contributed by atoms with van der Waals surface area (Å²) in [5.41, 5.74) is 1.38. The Morgan fingerprint density at radius 1 is 1.06 bits per heavy atom. The van der Waals surface area contributed by atoms with Gasteiger partial charge < -0.3 is 14.5 Å². The van der Waals surface area contributed by atoms with Gasteiger partial charge in [-0.15, -0.1) is 11.3 Å². The van der Waals surface area contributed by atoms with E-state index in [0.29, 0.717) is 11.4 Å². The molecule has 0 aliphatic carbocycles. The summed E-state index contributed by atoms with van der Waals surface area (Å²) in [6.07, 6.45) is 1.48. The molecule has 4 aromatic rings. The average Bonchev–Trinajstić information content (AvgIpc) is 3.42. The van der Waals surface area contributed by atoms with E-state index in [2.05, 4.69) is 15.0 Å². The van der Waals surface area contributed by atoms with Crippen molar-refractivity contribution in [3.63, 3.8) is 0 Å². The Bertz CT molecular complexity index is 1230. The Morgan fingerprint density at radius 2 is 1.87 bits per heavy atom. The predicted octanol–water partition coefficient (Wildman–Crippen LogP) is 3.52. The van der Waals surface area contributed by atoms with E-state index in [1.165, 1.54) is 41.9 Å². The normalized spacial score (nSPS) is 11.6. The molecule has 0 saturated carbocycles. The van der Waals surface area contributed by atoms with Crippen molar-refractivity contribution in [1.29, 1.82) is 0 Å². The van der Waals surface area contributed by atoms with E-state index in [0.717, 1.165) is 15.2 Å². The van der Waals surface area contributed by atoms with E-state index in [4.69, 9.17) is 9.15 Å². The molecular formula is C21H19N3O5S2. The maximum absolute atomic E-state index is 12.3. The lowest BCUT2D eigenvalue weighted by Gasteiger charge is -2.08. The van der Waals surface area contributed by atoms with E-state index in [-0.39, 0.29) is 30.6 Å². The monoisotopic (exact) mass is 457 g/mol. The van der Waals surface area contributed by atoms with Crippen molar-refractivity contribution in [3.8, 4) is 0 Å². The number of ether oxygens (including phenoxy) is 1. The van der Waals surface area contributed by atoms with Gasteiger partial charge in [-0.3, -0.25) is 4.79 Å². The number of nitrogens with zero attached hydrogens (tertiary/aromatic N) is 1. The Hall–Kier alpha value is -3.05. The maximum Gasteiger partial charge on any atom is 0.250 e. The molecule has 2 heterocycles. The van der Waals surface area contributed by atoms with Crippen molar-refractivity contribution in [2.24, 2.45) is 0 Å². The van der Waals surface area contributed by atoms with Crippen LogP contribution in [-0.2, 0) is 32.7 Å². The highest BCUT2D eigenvalue weighted by molar-refractivity contribution is 7.89. The Morgan fingerprint density at radius 3 is 2.61 bits per heavy atom. The summed E-state index contributed by atoms with van der Waals surface area (Å²) in [5.74, 6) is 0.172. The summed E-state index contributed by atoms with van der Waals surface area (Å²) >= 11 is 1.52. The van der Waals surface area contributed by atoms with E-state index in [9.17, 15) is 13.2 Å². The SMILES string of the molecule is O=C(COCc1nc2ccccc2s1)Nc1ccc(S(=O)(=O)NCc2ccco2)cc1. The van der Waals surface area contributed by atoms with Crippen LogP contribution in [0.5, 0.6) is 0 Å². The number of nitrogens with one attached hydrogen (secondary N) is 2. The fraction of sp³-hybridized carbons (Fsp3) is 0.143. The van der Waals surface area contributed by atoms with Crippen LogP contribution in [0.1, 0.15) is 10.8 Å². The third-order valence-electron chi connectivity index (χ3n) is 4.26. The lowest BCUT2D eigenvalue weighted by atomic mass is 10.3. The van der Waals surface area contributed by atoms with Crippen molar-refractivity contribution in [2.75, 3.05) is 11.9 Å². The van der Waals surface area contributed by atoms with E-state index >= 15 is 0 Å². The summed E-state index contributed by atoms with van der Waals surface area (Å²) in [7, 11) is -3.69. The number of fused-ring (bicyclic) bond motifs is 1. The van der Waals surface area contributed by atoms with Crippen LogP contribution in [0.15, 0.2) is 76.2 Å². The van der Waals surface area contributed by atoms with Gasteiger partial charge in [-0.05, 0) is 48.5 Å². The van der Waals surface area contributed by atoms with Gasteiger partial charge in [0.25, 0.3) is 0 Å². The lowest BCUT2D eigenvalue weighted by Crippen LogP contribution is -2.23. The quantitative estimate of drug-likeness (QED) is 0.398. The van der Waals surface area contributed by atoms with Gasteiger partial charge in [0.1, 0.15) is 17.4 Å². The van der Waals surface area contributed by atoms with Gasteiger partial charge in [0.05, 0.1) is 34.5 Å². The molecule has 4 rings (SSSR count). The van der Waals surface area contributed by atoms with Gasteiger partial charge in [0.15, 0.2) is 0 Å². The molecule has 8 nitrogen and oxygen atoms in total. The molecule has 0 unspecified atom stereocenters. The number of carbonyl (C=O) groups is 1. The molecule has 1 amide bonds. The molecule has 2 aromatic carbocycles. The van der Waals surface area contributed by atoms with Crippen LogP contribution in [0.25, 0.3) is 10.2 Å². The fourth-order valence-corrected chi connectivity index (χ4v) is 4.69. The van der Waals surface area contributed by atoms with Gasteiger partial charge in [-0.1, -0.05) is 12.1 Å². The van der Waals surface area contributed by atoms with Crippen molar-refractivity contribution in [1.82, 2.24) is 9.71 Å². The van der Waals surface area contributed by atoms with Crippen LogP contribution in [0.4, 0.5) is 5.69 Å². The molecule has 31 heavy (non-hydrogen) atoms. The Kier molecular flexibility index (Phi) is 6.42. The van der Waals surface area contributed by atoms with E-state index in [1.807, 2.05) is 24.3 Å². The molecule has 0 aliphatic heterocycles. The minimum Gasteiger partial charge on any atom is -0.468 e. The molecule has 2 N–H and O–H groups in total. The summed E-state index contributed by atoms with van der Waals surface area (Å²) in [6, 6.07) is 17.0. The standard InChI is InChI=1S/C21H19N3O5S2/c25-20(13-28-14-21-24-18-5-1-2-6-19(18)30-21)23-15-7-9-17(10-8-15)31(26,27)22-12-16-4-3-11-29-16/h1-11,22H,12-14H2,(H,23,25). The van der Waals surface area contributed by atoms with Crippen molar-refractivity contribution in [3.05, 3.63) is 77.7 Å². The Balaban J connectivity index is 1.26. The number of hydrogen-bond acceptors (Lipinski definition) is 7. The first-order valence-electron chi connectivity index (χ1n) is 9.34. The zero-order chi connectivity index (χ0) is 21.7. The second-order valence-corrected chi connectivity index (χ2v) is 9.43. The molecule has 0 radical (unpaired) electrons. The maximum atomic E-state index is 12.3. The number of anilines is 1. The largest absolute Gasteiger partial charge is 0.468 e. The van der Waals surface area contributed by atoms with Crippen LogP contribution in [0.2, 0.25) is 0 Å². The average molecular weight is 458 g/mol. The third kappa shape index (κ3) is 5.56. The first-order valence-corrected chi connectivity index (χ1v) is 11.6. The fourth-order valence-electron chi connectivity index (χ4n) is 2.79. The molecule has 160 valence electrons. The highest BCUT2D eigenvalue weighted by Gasteiger charge is 2.14. The second-order valence-electron chi connectivity index (χ2n) is 6.54. The summed E-state index contributed by atoms with van der Waals surface area (Å²) in [5, 5.41) is 3.47. The molecule has 0 spiro atoms. The number of hydrogen-bond donors (Lipinski definition) is 2. The zero-order valence-electron chi connectivity index (χ0n) is 16.3. The number of para-hydroxylation sites is 1. The number of carbonyl (C=O) groups excluding carboxylic acids is 1. The number of aromatic nitrogens is 1. The van der Waals surface area contributed by atoms with Gasteiger partial charge >= 0.3 is 0 Å². The first-order chi connectivity index (χ1) is 15.0. The van der Waals surface area contributed by atoms with E-state index in [1.54, 1.807) is 12.1 Å². The van der Waals surface area contributed by atoms with Gasteiger partial charge in [-0.2, -0.15) is 0 Å². The Labute approximate surface area is 182 Å². The number of rotatable bonds is 9. The topological polar surface area (TPSA) is 111 Å². The van der Waals surface area contributed by atoms with Gasteiger partial charge in [0.2, 0.25) is 15.9 Å². The number of furan rings is 1. The second kappa shape index (κ2) is 9.40. The van der Waals surface area contributed by atoms with Crippen molar-refractivity contribution in [2.45, 2.75) is 18.0 Å². The lowest BCUT2D eigenvalue weighted by molar-refractivity contribution is -0.121. The molecule has 0 bridgehead atoms. The highest BCUT2D eigenvalue weighted by Crippen LogP contribution is 2.22. The van der Waals surface area contributed by atoms with Crippen molar-refractivity contribution < 1.29 is 22.4 Å². The van der Waals surface area contributed by atoms with Gasteiger partial charge in [0, 0.05) is 5.69 Å². The molecular weight excluding hydrogens is 438 g/mol. The predicted molar refractivity (Wildman–Crippen MR) is 117 cm³/mol. The molecule has 0 atom stereocenters. The smallest absolute Gasteiger partial charge is 0.250 e. The molecule has 2 aromatic heterocycles. The van der Waals surface area contributed by atoms with Crippen LogP contribution >= 0.6 is 11.3 Å².